The van der Waals surface area contributed by atoms with Crippen molar-refractivity contribution in [1.82, 2.24) is 14.8 Å². The molecule has 0 aliphatic rings. The van der Waals surface area contributed by atoms with Crippen molar-refractivity contribution in [2.45, 2.75) is 20.5 Å². The molecular formula is C12H16N4O. The van der Waals surface area contributed by atoms with E-state index in [1.807, 2.05) is 33.0 Å². The van der Waals surface area contributed by atoms with Gasteiger partial charge < -0.3 is 10.5 Å². The van der Waals surface area contributed by atoms with Gasteiger partial charge in [0, 0.05) is 7.05 Å². The van der Waals surface area contributed by atoms with Gasteiger partial charge in [0.05, 0.1) is 5.69 Å². The van der Waals surface area contributed by atoms with Crippen molar-refractivity contribution in [3.63, 3.8) is 0 Å². The minimum Gasteiger partial charge on any atom is -0.483 e. The van der Waals surface area contributed by atoms with Gasteiger partial charge in [0.2, 0.25) is 0 Å². The predicted octanol–water partition coefficient (Wildman–Crippen LogP) is 1.59. The zero-order valence-electron chi connectivity index (χ0n) is 10.3. The molecule has 5 nitrogen and oxygen atoms in total. The van der Waals surface area contributed by atoms with E-state index < -0.39 is 0 Å². The average molecular weight is 232 g/mol. The molecule has 0 amide bonds. The Balaban J connectivity index is 2.17. The van der Waals surface area contributed by atoms with E-state index in [1.165, 1.54) is 6.33 Å². The molecule has 5 heteroatoms. The molecule has 1 heterocycles. The first kappa shape index (κ1) is 11.4. The first-order valence-electron chi connectivity index (χ1n) is 5.40. The first-order chi connectivity index (χ1) is 8.08. The summed E-state index contributed by atoms with van der Waals surface area (Å²) in [6, 6.07) is 3.95. The average Bonchev–Trinajstić information content (AvgIpc) is 2.62. The van der Waals surface area contributed by atoms with E-state index in [0.29, 0.717) is 12.3 Å². The second-order valence-corrected chi connectivity index (χ2v) is 4.09. The highest BCUT2D eigenvalue weighted by atomic mass is 16.5. The molecule has 2 rings (SSSR count). The van der Waals surface area contributed by atoms with Crippen LogP contribution in [0.25, 0.3) is 0 Å². The summed E-state index contributed by atoms with van der Waals surface area (Å²) < 4.78 is 7.38. The Morgan fingerprint density at radius 3 is 2.71 bits per heavy atom. The molecule has 1 aromatic carbocycles. The number of hydrogen-bond donors (Lipinski definition) is 1. The molecule has 0 unspecified atom stereocenters. The number of anilines is 1. The maximum atomic E-state index is 5.93. The van der Waals surface area contributed by atoms with Crippen LogP contribution in [-0.4, -0.2) is 14.8 Å². The predicted molar refractivity (Wildman–Crippen MR) is 65.7 cm³/mol. The summed E-state index contributed by atoms with van der Waals surface area (Å²) in [5, 5.41) is 3.98. The fourth-order valence-electron chi connectivity index (χ4n) is 1.77. The molecule has 2 N–H and O–H groups in total. The van der Waals surface area contributed by atoms with Crippen LogP contribution in [0.1, 0.15) is 17.0 Å². The number of aryl methyl sites for hydroxylation is 3. The molecule has 90 valence electrons. The fraction of sp³-hybridized carbons (Fsp3) is 0.333. The second-order valence-electron chi connectivity index (χ2n) is 4.09. The lowest BCUT2D eigenvalue weighted by atomic mass is 10.1. The maximum absolute atomic E-state index is 5.93. The molecule has 1 aromatic heterocycles. The highest BCUT2D eigenvalue weighted by Gasteiger charge is 2.08. The van der Waals surface area contributed by atoms with Crippen LogP contribution in [0.5, 0.6) is 5.75 Å². The van der Waals surface area contributed by atoms with Crippen LogP contribution < -0.4 is 10.5 Å². The molecular weight excluding hydrogens is 216 g/mol. The van der Waals surface area contributed by atoms with E-state index in [4.69, 9.17) is 10.5 Å². The Morgan fingerprint density at radius 2 is 2.12 bits per heavy atom. The molecule has 17 heavy (non-hydrogen) atoms. The molecule has 2 aromatic rings. The molecule has 0 aliphatic heterocycles. The lowest BCUT2D eigenvalue weighted by Gasteiger charge is -2.12. The lowest BCUT2D eigenvalue weighted by Crippen LogP contribution is -2.06. The van der Waals surface area contributed by atoms with Crippen LogP contribution in [0.3, 0.4) is 0 Å². The number of rotatable bonds is 3. The molecule has 0 radical (unpaired) electrons. The SMILES string of the molecule is Cc1cc(C)c(OCc2ncnn2C)c(N)c1. The van der Waals surface area contributed by atoms with E-state index in [-0.39, 0.29) is 0 Å². The van der Waals surface area contributed by atoms with E-state index in [0.717, 1.165) is 22.7 Å². The van der Waals surface area contributed by atoms with E-state index in [1.54, 1.807) is 4.68 Å². The zero-order valence-corrected chi connectivity index (χ0v) is 10.3. The number of nitrogens with zero attached hydrogens (tertiary/aromatic N) is 3. The summed E-state index contributed by atoms with van der Waals surface area (Å²) in [6.07, 6.45) is 1.50. The monoisotopic (exact) mass is 232 g/mol. The van der Waals surface area contributed by atoms with Crippen LogP contribution in [0.4, 0.5) is 5.69 Å². The topological polar surface area (TPSA) is 66.0 Å². The van der Waals surface area contributed by atoms with Gasteiger partial charge >= 0.3 is 0 Å². The number of hydrogen-bond acceptors (Lipinski definition) is 4. The van der Waals surface area contributed by atoms with Crippen LogP contribution in [0.2, 0.25) is 0 Å². The van der Waals surface area contributed by atoms with Gasteiger partial charge in [-0.2, -0.15) is 5.10 Å². The van der Waals surface area contributed by atoms with E-state index in [9.17, 15) is 0 Å². The van der Waals surface area contributed by atoms with Crippen LogP contribution in [-0.2, 0) is 13.7 Å². The smallest absolute Gasteiger partial charge is 0.164 e. The van der Waals surface area contributed by atoms with Crippen LogP contribution >= 0.6 is 0 Å². The summed E-state index contributed by atoms with van der Waals surface area (Å²) in [5.41, 5.74) is 8.75. The number of ether oxygens (including phenoxy) is 1. The Bertz CT molecular complexity index is 510. The summed E-state index contributed by atoms with van der Waals surface area (Å²) in [5.74, 6) is 1.49. The number of aromatic nitrogens is 3. The lowest BCUT2D eigenvalue weighted by molar-refractivity contribution is 0.289. The standard InChI is InChI=1S/C12H16N4O/c1-8-4-9(2)12(10(13)5-8)17-6-11-14-7-15-16(11)3/h4-5,7H,6,13H2,1-3H3. The number of nitrogen functional groups attached to an aromatic ring is 1. The van der Waals surface area contributed by atoms with Gasteiger partial charge in [-0.15, -0.1) is 0 Å². The summed E-state index contributed by atoms with van der Waals surface area (Å²) in [6.45, 7) is 4.36. The zero-order chi connectivity index (χ0) is 12.4. The van der Waals surface area contributed by atoms with Crippen LogP contribution in [0, 0.1) is 13.8 Å². The Kier molecular flexibility index (Phi) is 2.99. The van der Waals surface area contributed by atoms with Crippen molar-refractivity contribution in [2.75, 3.05) is 5.73 Å². The Morgan fingerprint density at radius 1 is 1.35 bits per heavy atom. The maximum Gasteiger partial charge on any atom is 0.164 e. The van der Waals surface area contributed by atoms with Crippen molar-refractivity contribution in [3.8, 4) is 5.75 Å². The van der Waals surface area contributed by atoms with Gasteiger partial charge in [0.15, 0.2) is 5.82 Å². The summed E-state index contributed by atoms with van der Waals surface area (Å²) >= 11 is 0. The van der Waals surface area contributed by atoms with Crippen molar-refractivity contribution in [1.29, 1.82) is 0 Å². The summed E-state index contributed by atoms with van der Waals surface area (Å²) in [7, 11) is 1.83. The molecule has 0 saturated carbocycles. The molecule has 0 fully saturated rings. The van der Waals surface area contributed by atoms with E-state index in [2.05, 4.69) is 10.1 Å². The number of benzene rings is 1. The molecule has 0 saturated heterocycles. The minimum atomic E-state index is 0.366. The van der Waals surface area contributed by atoms with E-state index >= 15 is 0 Å². The van der Waals surface area contributed by atoms with Gasteiger partial charge in [-0.05, 0) is 31.0 Å². The minimum absolute atomic E-state index is 0.366. The van der Waals surface area contributed by atoms with Gasteiger partial charge in [-0.1, -0.05) is 6.07 Å². The van der Waals surface area contributed by atoms with Gasteiger partial charge in [0.1, 0.15) is 18.7 Å². The van der Waals surface area contributed by atoms with Gasteiger partial charge in [-0.3, -0.25) is 4.68 Å². The molecule has 0 aliphatic carbocycles. The van der Waals surface area contributed by atoms with Crippen molar-refractivity contribution in [3.05, 3.63) is 35.4 Å². The fourth-order valence-corrected chi connectivity index (χ4v) is 1.77. The van der Waals surface area contributed by atoms with Crippen molar-refractivity contribution >= 4 is 5.69 Å². The first-order valence-corrected chi connectivity index (χ1v) is 5.40. The van der Waals surface area contributed by atoms with Gasteiger partial charge in [-0.25, -0.2) is 4.98 Å². The molecule has 0 bridgehead atoms. The van der Waals surface area contributed by atoms with Crippen molar-refractivity contribution in [2.24, 2.45) is 7.05 Å². The largest absolute Gasteiger partial charge is 0.483 e. The second kappa shape index (κ2) is 4.45. The third-order valence-electron chi connectivity index (χ3n) is 2.60. The highest BCUT2D eigenvalue weighted by Crippen LogP contribution is 2.27. The quantitative estimate of drug-likeness (QED) is 0.816. The third kappa shape index (κ3) is 2.38. The summed E-state index contributed by atoms with van der Waals surface area (Å²) in [4.78, 5) is 4.09. The third-order valence-corrected chi connectivity index (χ3v) is 2.60. The van der Waals surface area contributed by atoms with Crippen LogP contribution in [0.15, 0.2) is 18.5 Å². The normalized spacial score (nSPS) is 10.5. The Hall–Kier alpha value is -2.04. The van der Waals surface area contributed by atoms with Gasteiger partial charge in [0.25, 0.3) is 0 Å². The molecule has 0 atom stereocenters. The number of nitrogens with two attached hydrogens (primary N) is 1. The highest BCUT2D eigenvalue weighted by molar-refractivity contribution is 5.58. The molecule has 0 spiro atoms. The van der Waals surface area contributed by atoms with Crippen molar-refractivity contribution < 1.29 is 4.74 Å². The Labute approximate surface area is 100 Å².